The maximum atomic E-state index is 5.58. The van der Waals surface area contributed by atoms with E-state index >= 15 is 0 Å². The van der Waals surface area contributed by atoms with Gasteiger partial charge >= 0.3 is 0 Å². The summed E-state index contributed by atoms with van der Waals surface area (Å²) in [5.41, 5.74) is -0.0708. The largest absolute Gasteiger partial charge is 0.378 e. The van der Waals surface area contributed by atoms with Crippen LogP contribution in [0.1, 0.15) is 46.5 Å². The highest BCUT2D eigenvalue weighted by atomic mass is 28.3. The summed E-state index contributed by atoms with van der Waals surface area (Å²) >= 11 is 0. The highest BCUT2D eigenvalue weighted by molar-refractivity contribution is 6.95. The van der Waals surface area contributed by atoms with Gasteiger partial charge in [0.1, 0.15) is 8.07 Å². The third-order valence-corrected chi connectivity index (χ3v) is 8.33. The average molecular weight is 305 g/mol. The van der Waals surface area contributed by atoms with Gasteiger partial charge in [-0.1, -0.05) is 79.7 Å². The maximum absolute atomic E-state index is 5.58. The molecule has 0 aliphatic carbocycles. The highest BCUT2D eigenvalue weighted by Crippen LogP contribution is 2.24. The lowest BCUT2D eigenvalue weighted by atomic mass is 10.0. The monoisotopic (exact) mass is 304 g/mol. The van der Waals surface area contributed by atoms with E-state index in [1.54, 1.807) is 12.3 Å². The lowest BCUT2D eigenvalue weighted by Gasteiger charge is -2.29. The third-order valence-electron chi connectivity index (χ3n) is 4.49. The number of rotatable bonds is 8. The Balaban J connectivity index is 3.03. The van der Waals surface area contributed by atoms with Crippen molar-refractivity contribution in [3.8, 4) is 0 Å². The predicted octanol–water partition coefficient (Wildman–Crippen LogP) is 5.07. The number of ether oxygens (including phenoxy) is 1. The Morgan fingerprint density at radius 1 is 1.19 bits per heavy atom. The van der Waals surface area contributed by atoms with Crippen molar-refractivity contribution in [3.63, 3.8) is 0 Å². The first-order valence-corrected chi connectivity index (χ1v) is 11.1. The molecular weight excluding hydrogens is 272 g/mol. The molecular formula is C19H32OSi. The molecule has 118 valence electrons. The normalized spacial score (nSPS) is 13.5. The van der Waals surface area contributed by atoms with Crippen molar-refractivity contribution in [1.82, 2.24) is 0 Å². The van der Waals surface area contributed by atoms with E-state index in [4.69, 9.17) is 4.74 Å². The van der Waals surface area contributed by atoms with E-state index in [1.165, 1.54) is 24.4 Å². The molecule has 0 spiro atoms. The summed E-state index contributed by atoms with van der Waals surface area (Å²) in [5, 5.41) is 3.20. The summed E-state index contributed by atoms with van der Waals surface area (Å²) < 4.78 is 5.58. The minimum absolute atomic E-state index is 0.0708. The molecule has 0 radical (unpaired) electrons. The number of benzene rings is 1. The molecule has 1 nitrogen and oxygen atoms in total. The van der Waals surface area contributed by atoms with Gasteiger partial charge in [-0.15, -0.1) is 0 Å². The van der Waals surface area contributed by atoms with E-state index in [0.717, 1.165) is 6.42 Å². The minimum Gasteiger partial charge on any atom is -0.378 e. The van der Waals surface area contributed by atoms with E-state index in [2.05, 4.69) is 70.3 Å². The number of hydrogen-bond acceptors (Lipinski definition) is 1. The Labute approximate surface area is 132 Å². The van der Waals surface area contributed by atoms with Crippen LogP contribution >= 0.6 is 0 Å². The smallest absolute Gasteiger partial charge is 0.107 e. The van der Waals surface area contributed by atoms with Crippen molar-refractivity contribution in [2.75, 3.05) is 7.11 Å². The van der Waals surface area contributed by atoms with Gasteiger partial charge in [-0.3, -0.25) is 0 Å². The number of hydrogen-bond donors (Lipinski definition) is 0. The molecule has 1 aromatic carbocycles. The van der Waals surface area contributed by atoms with Crippen molar-refractivity contribution in [2.24, 2.45) is 0 Å². The fraction of sp³-hybridized carbons (Fsp3) is 0.579. The molecule has 0 aromatic heterocycles. The first-order valence-electron chi connectivity index (χ1n) is 8.13. The topological polar surface area (TPSA) is 9.23 Å². The summed E-state index contributed by atoms with van der Waals surface area (Å²) in [5.74, 6) is 0. The van der Waals surface area contributed by atoms with Gasteiger partial charge in [-0.2, -0.15) is 0 Å². The average Bonchev–Trinajstić information content (AvgIpc) is 2.48. The quantitative estimate of drug-likeness (QED) is 0.609. The first-order chi connectivity index (χ1) is 9.83. The summed E-state index contributed by atoms with van der Waals surface area (Å²) in [7, 11) is 0.252. The SMILES string of the molecule is CCCC/C(=C\CC(C)(C)OC)[Si](C)(C)c1ccccc1. The Hall–Kier alpha value is -0.863. The zero-order chi connectivity index (χ0) is 15.9. The molecule has 0 N–H and O–H groups in total. The number of unbranched alkanes of at least 4 members (excludes halogenated alkanes) is 1. The molecule has 0 aliphatic rings. The van der Waals surface area contributed by atoms with Crippen LogP contribution in [0.3, 0.4) is 0 Å². The molecule has 0 amide bonds. The Morgan fingerprint density at radius 3 is 2.33 bits per heavy atom. The molecule has 0 saturated heterocycles. The molecule has 0 atom stereocenters. The van der Waals surface area contributed by atoms with E-state index in [1.807, 2.05) is 0 Å². The van der Waals surface area contributed by atoms with E-state index in [0.29, 0.717) is 0 Å². The summed E-state index contributed by atoms with van der Waals surface area (Å²) in [6.07, 6.45) is 7.22. The molecule has 1 aromatic rings. The van der Waals surface area contributed by atoms with E-state index in [-0.39, 0.29) is 5.60 Å². The van der Waals surface area contributed by atoms with Crippen molar-refractivity contribution < 1.29 is 4.74 Å². The van der Waals surface area contributed by atoms with Crippen LogP contribution in [-0.2, 0) is 4.74 Å². The van der Waals surface area contributed by atoms with Crippen LogP contribution in [0.4, 0.5) is 0 Å². The molecule has 0 aliphatic heterocycles. The van der Waals surface area contributed by atoms with E-state index < -0.39 is 8.07 Å². The second-order valence-corrected chi connectivity index (χ2v) is 11.5. The van der Waals surface area contributed by atoms with Crippen LogP contribution in [0.15, 0.2) is 41.6 Å². The fourth-order valence-corrected chi connectivity index (χ4v) is 5.34. The zero-order valence-electron chi connectivity index (χ0n) is 14.7. The second kappa shape index (κ2) is 7.95. The first kappa shape index (κ1) is 18.2. The van der Waals surface area contributed by atoms with Gasteiger partial charge < -0.3 is 4.74 Å². The van der Waals surface area contributed by atoms with Crippen LogP contribution in [0, 0.1) is 0 Å². The lowest BCUT2D eigenvalue weighted by molar-refractivity contribution is 0.0254. The van der Waals surface area contributed by atoms with Gasteiger partial charge in [0.05, 0.1) is 5.60 Å². The summed E-state index contributed by atoms with van der Waals surface area (Å²) in [6, 6.07) is 11.0. The van der Waals surface area contributed by atoms with Crippen molar-refractivity contribution in [1.29, 1.82) is 0 Å². The second-order valence-electron chi connectivity index (χ2n) is 6.99. The van der Waals surface area contributed by atoms with Gasteiger partial charge in [0.2, 0.25) is 0 Å². The predicted molar refractivity (Wildman–Crippen MR) is 96.9 cm³/mol. The van der Waals surface area contributed by atoms with Crippen LogP contribution < -0.4 is 5.19 Å². The third kappa shape index (κ3) is 5.44. The fourth-order valence-electron chi connectivity index (χ4n) is 2.53. The molecule has 2 heteroatoms. The minimum atomic E-state index is -1.55. The van der Waals surface area contributed by atoms with Crippen molar-refractivity contribution in [2.45, 2.75) is 65.1 Å². The summed E-state index contributed by atoms with van der Waals surface area (Å²) in [6.45, 7) is 11.6. The van der Waals surface area contributed by atoms with E-state index in [9.17, 15) is 0 Å². The van der Waals surface area contributed by atoms with Gasteiger partial charge in [0, 0.05) is 7.11 Å². The molecule has 0 fully saturated rings. The van der Waals surface area contributed by atoms with Crippen LogP contribution in [0.25, 0.3) is 0 Å². The van der Waals surface area contributed by atoms with Gasteiger partial charge in [-0.05, 0) is 26.7 Å². The maximum Gasteiger partial charge on any atom is 0.107 e. The van der Waals surface area contributed by atoms with Crippen molar-refractivity contribution in [3.05, 3.63) is 41.6 Å². The summed E-state index contributed by atoms with van der Waals surface area (Å²) in [4.78, 5) is 0. The Bertz CT molecular complexity index is 446. The molecule has 0 unspecified atom stereocenters. The van der Waals surface area contributed by atoms with Gasteiger partial charge in [0.25, 0.3) is 0 Å². The molecule has 1 rings (SSSR count). The highest BCUT2D eigenvalue weighted by Gasteiger charge is 2.28. The van der Waals surface area contributed by atoms with Gasteiger partial charge in [-0.25, -0.2) is 0 Å². The Morgan fingerprint density at radius 2 is 1.81 bits per heavy atom. The molecule has 0 bridgehead atoms. The van der Waals surface area contributed by atoms with Crippen LogP contribution in [0.2, 0.25) is 13.1 Å². The zero-order valence-corrected chi connectivity index (χ0v) is 15.7. The van der Waals surface area contributed by atoms with Crippen LogP contribution in [0.5, 0.6) is 0 Å². The number of methoxy groups -OCH3 is 1. The van der Waals surface area contributed by atoms with Crippen molar-refractivity contribution >= 4 is 13.3 Å². The van der Waals surface area contributed by atoms with Crippen LogP contribution in [-0.4, -0.2) is 20.8 Å². The lowest BCUT2D eigenvalue weighted by Crippen LogP contribution is -2.44. The number of allylic oxidation sites excluding steroid dienone is 1. The molecule has 0 saturated carbocycles. The molecule has 0 heterocycles. The Kier molecular flexibility index (Phi) is 6.89. The van der Waals surface area contributed by atoms with Gasteiger partial charge in [0.15, 0.2) is 0 Å². The molecule has 21 heavy (non-hydrogen) atoms. The standard InChI is InChI=1S/C19H32OSi/c1-7-8-12-18(15-16-19(2,3)20-4)21(5,6)17-13-10-9-11-14-17/h9-11,13-15H,7-8,12,16H2,1-6H3/b18-15+.